The highest BCUT2D eigenvalue weighted by Crippen LogP contribution is 2.57. The van der Waals surface area contributed by atoms with Crippen LogP contribution in [0.15, 0.2) is 22.7 Å². The van der Waals surface area contributed by atoms with E-state index in [1.165, 1.54) is 19.3 Å². The molecule has 3 aliphatic rings. The average molecular weight is 280 g/mol. The average Bonchev–Trinajstić information content (AvgIpc) is 2.09. The van der Waals surface area contributed by atoms with Crippen LogP contribution in [0.1, 0.15) is 35.2 Å². The molecule has 3 saturated carbocycles. The van der Waals surface area contributed by atoms with Crippen molar-refractivity contribution in [3.63, 3.8) is 0 Å². The Morgan fingerprint density at radius 1 is 1.44 bits per heavy atom. The molecule has 2 bridgehead atoms. The normalized spacial score (nSPS) is 30.2. The zero-order valence-corrected chi connectivity index (χ0v) is 10.8. The van der Waals surface area contributed by atoms with E-state index in [2.05, 4.69) is 21.2 Å². The van der Waals surface area contributed by atoms with E-state index < -0.39 is 0 Å². The molecule has 0 unspecified atom stereocenters. The number of carbonyl (C=O) groups is 1. The van der Waals surface area contributed by atoms with Gasteiger partial charge in [-0.05, 0) is 65.7 Å². The minimum Gasteiger partial charge on any atom is -0.347 e. The molecule has 0 aliphatic heterocycles. The third-order valence-corrected chi connectivity index (χ3v) is 4.44. The van der Waals surface area contributed by atoms with Crippen LogP contribution in [0.2, 0.25) is 0 Å². The van der Waals surface area contributed by atoms with Crippen molar-refractivity contribution in [2.75, 3.05) is 0 Å². The van der Waals surface area contributed by atoms with Crippen molar-refractivity contribution in [2.45, 2.75) is 31.7 Å². The van der Waals surface area contributed by atoms with Gasteiger partial charge >= 0.3 is 0 Å². The number of carbonyl (C=O) groups excluding carboxylic acids is 1. The first-order chi connectivity index (χ1) is 7.58. The molecule has 84 valence electrons. The first-order valence-corrected chi connectivity index (χ1v) is 6.46. The van der Waals surface area contributed by atoms with Crippen molar-refractivity contribution in [1.82, 2.24) is 5.32 Å². The predicted molar refractivity (Wildman–Crippen MR) is 66.4 cm³/mol. The molecule has 4 rings (SSSR count). The zero-order valence-electron chi connectivity index (χ0n) is 9.22. The van der Waals surface area contributed by atoms with Gasteiger partial charge in [0.2, 0.25) is 0 Å². The fraction of sp³-hybridized carbons (Fsp3) is 0.462. The molecule has 1 amide bonds. The maximum absolute atomic E-state index is 12.1. The van der Waals surface area contributed by atoms with Gasteiger partial charge < -0.3 is 5.32 Å². The molecular weight excluding hydrogens is 266 g/mol. The minimum absolute atomic E-state index is 0.0602. The molecule has 0 atom stereocenters. The lowest BCUT2D eigenvalue weighted by Crippen LogP contribution is -2.68. The fourth-order valence-electron chi connectivity index (χ4n) is 2.74. The molecule has 1 aromatic carbocycles. The molecule has 0 radical (unpaired) electrons. The summed E-state index contributed by atoms with van der Waals surface area (Å²) >= 11 is 3.45. The molecule has 0 aromatic heterocycles. The Kier molecular flexibility index (Phi) is 2.15. The van der Waals surface area contributed by atoms with Gasteiger partial charge in [0.05, 0.1) is 5.56 Å². The van der Waals surface area contributed by atoms with Gasteiger partial charge in [0.25, 0.3) is 5.91 Å². The van der Waals surface area contributed by atoms with Crippen LogP contribution in [-0.4, -0.2) is 11.4 Å². The summed E-state index contributed by atoms with van der Waals surface area (Å²) in [4.78, 5) is 12.1. The number of amides is 1. The van der Waals surface area contributed by atoms with Crippen LogP contribution in [0.25, 0.3) is 0 Å². The number of aryl methyl sites for hydroxylation is 1. The summed E-state index contributed by atoms with van der Waals surface area (Å²) in [6, 6.07) is 5.85. The molecule has 0 heterocycles. The van der Waals surface area contributed by atoms with Crippen LogP contribution < -0.4 is 5.32 Å². The Balaban J connectivity index is 1.78. The molecule has 3 heteroatoms. The number of halogens is 1. The second-order valence-electron chi connectivity index (χ2n) is 5.20. The molecule has 1 aromatic rings. The monoisotopic (exact) mass is 279 g/mol. The van der Waals surface area contributed by atoms with Gasteiger partial charge in [0, 0.05) is 10.0 Å². The quantitative estimate of drug-likeness (QED) is 0.886. The van der Waals surface area contributed by atoms with E-state index in [0.717, 1.165) is 21.5 Å². The highest BCUT2D eigenvalue weighted by Gasteiger charge is 2.57. The molecule has 0 saturated heterocycles. The third kappa shape index (κ3) is 1.49. The van der Waals surface area contributed by atoms with Crippen LogP contribution in [0.3, 0.4) is 0 Å². The Labute approximate surface area is 104 Å². The fourth-order valence-corrected chi connectivity index (χ4v) is 3.42. The van der Waals surface area contributed by atoms with E-state index >= 15 is 0 Å². The Bertz CT molecular complexity index is 452. The second kappa shape index (κ2) is 3.33. The SMILES string of the molecule is Cc1ccc(C(=O)NC23CC(C2)C3)c(Br)c1. The van der Waals surface area contributed by atoms with Gasteiger partial charge in [-0.25, -0.2) is 0 Å². The Morgan fingerprint density at radius 2 is 2.12 bits per heavy atom. The largest absolute Gasteiger partial charge is 0.347 e. The standard InChI is InChI=1S/C13H14BrNO/c1-8-2-3-10(11(14)4-8)12(16)15-13-5-9(6-13)7-13/h2-4,9H,5-7H2,1H3,(H,15,16). The van der Waals surface area contributed by atoms with Crippen molar-refractivity contribution in [3.8, 4) is 0 Å². The van der Waals surface area contributed by atoms with Crippen LogP contribution in [0.5, 0.6) is 0 Å². The number of hydrogen-bond donors (Lipinski definition) is 1. The van der Waals surface area contributed by atoms with Crippen LogP contribution in [0.4, 0.5) is 0 Å². The first-order valence-electron chi connectivity index (χ1n) is 5.67. The van der Waals surface area contributed by atoms with Gasteiger partial charge in [-0.1, -0.05) is 6.07 Å². The summed E-state index contributed by atoms with van der Waals surface area (Å²) < 4.78 is 0.886. The third-order valence-electron chi connectivity index (χ3n) is 3.79. The van der Waals surface area contributed by atoms with Gasteiger partial charge in [-0.3, -0.25) is 4.79 Å². The Morgan fingerprint density at radius 3 is 2.62 bits per heavy atom. The van der Waals surface area contributed by atoms with E-state index in [9.17, 15) is 4.79 Å². The Hall–Kier alpha value is -0.830. The summed E-state index contributed by atoms with van der Waals surface area (Å²) in [6.07, 6.45) is 3.55. The summed E-state index contributed by atoms with van der Waals surface area (Å²) in [5.41, 5.74) is 2.07. The second-order valence-corrected chi connectivity index (χ2v) is 6.05. The lowest BCUT2D eigenvalue weighted by atomic mass is 9.50. The van der Waals surface area contributed by atoms with Gasteiger partial charge in [-0.15, -0.1) is 0 Å². The molecule has 3 aliphatic carbocycles. The highest BCUT2D eigenvalue weighted by molar-refractivity contribution is 9.10. The van der Waals surface area contributed by atoms with E-state index in [1.807, 2.05) is 25.1 Å². The lowest BCUT2D eigenvalue weighted by Gasteiger charge is -2.61. The number of benzene rings is 1. The predicted octanol–water partition coefficient (Wildman–Crippen LogP) is 3.04. The first kappa shape index (κ1) is 10.3. The van der Waals surface area contributed by atoms with Crippen molar-refractivity contribution < 1.29 is 4.79 Å². The van der Waals surface area contributed by atoms with Crippen molar-refractivity contribution in [3.05, 3.63) is 33.8 Å². The van der Waals surface area contributed by atoms with Crippen LogP contribution in [-0.2, 0) is 0 Å². The summed E-state index contributed by atoms with van der Waals surface area (Å²) in [5.74, 6) is 0.951. The van der Waals surface area contributed by atoms with Crippen molar-refractivity contribution in [1.29, 1.82) is 0 Å². The minimum atomic E-state index is 0.0602. The summed E-state index contributed by atoms with van der Waals surface area (Å²) in [5, 5.41) is 3.17. The summed E-state index contributed by atoms with van der Waals surface area (Å²) in [7, 11) is 0. The molecule has 2 nitrogen and oxygen atoms in total. The van der Waals surface area contributed by atoms with Crippen molar-refractivity contribution in [2.24, 2.45) is 5.92 Å². The van der Waals surface area contributed by atoms with E-state index in [-0.39, 0.29) is 11.4 Å². The van der Waals surface area contributed by atoms with E-state index in [1.54, 1.807) is 0 Å². The summed E-state index contributed by atoms with van der Waals surface area (Å²) in [6.45, 7) is 2.02. The van der Waals surface area contributed by atoms with Crippen LogP contribution in [0, 0.1) is 12.8 Å². The topological polar surface area (TPSA) is 29.1 Å². The van der Waals surface area contributed by atoms with Gasteiger partial charge in [0.1, 0.15) is 0 Å². The molecular formula is C13H14BrNO. The van der Waals surface area contributed by atoms with Gasteiger partial charge in [-0.2, -0.15) is 0 Å². The molecule has 3 fully saturated rings. The number of nitrogens with one attached hydrogen (secondary N) is 1. The number of hydrogen-bond acceptors (Lipinski definition) is 1. The van der Waals surface area contributed by atoms with Gasteiger partial charge in [0.15, 0.2) is 0 Å². The smallest absolute Gasteiger partial charge is 0.252 e. The molecule has 0 spiro atoms. The maximum Gasteiger partial charge on any atom is 0.252 e. The van der Waals surface area contributed by atoms with E-state index in [4.69, 9.17) is 0 Å². The zero-order chi connectivity index (χ0) is 11.3. The number of rotatable bonds is 2. The molecule has 16 heavy (non-hydrogen) atoms. The van der Waals surface area contributed by atoms with E-state index in [0.29, 0.717) is 0 Å². The lowest BCUT2D eigenvalue weighted by molar-refractivity contribution is -0.0438. The van der Waals surface area contributed by atoms with Crippen LogP contribution >= 0.6 is 15.9 Å². The maximum atomic E-state index is 12.1. The molecule has 1 N–H and O–H groups in total. The highest BCUT2D eigenvalue weighted by atomic mass is 79.9. The van der Waals surface area contributed by atoms with Crippen molar-refractivity contribution >= 4 is 21.8 Å².